The number of rotatable bonds is 8. The van der Waals surface area contributed by atoms with Gasteiger partial charge in [-0.1, -0.05) is 27.7 Å². The molecule has 15 nitrogen and oxygen atoms in total. The van der Waals surface area contributed by atoms with Crippen LogP contribution in [0.3, 0.4) is 0 Å². The van der Waals surface area contributed by atoms with Gasteiger partial charge < -0.3 is 63.2 Å². The summed E-state index contributed by atoms with van der Waals surface area (Å²) < 4.78 is 51.3. The molecule has 0 amide bonds. The third-order valence-corrected chi connectivity index (χ3v) is 13.1. The molecule has 4 fully saturated rings. The number of ether oxygens (including phenoxy) is 8. The number of aliphatic hydroxyl groups excluding tert-OH is 3. The van der Waals surface area contributed by atoms with Crippen LogP contribution in [0.5, 0.6) is 0 Å². The number of methoxy groups -OCH3 is 2. The zero-order chi connectivity index (χ0) is 41.4. The Morgan fingerprint density at radius 2 is 1.51 bits per heavy atom. The Labute approximate surface area is 328 Å². The van der Waals surface area contributed by atoms with Gasteiger partial charge in [-0.25, -0.2) is 4.99 Å². The van der Waals surface area contributed by atoms with Crippen LogP contribution in [-0.4, -0.2) is 155 Å². The second kappa shape index (κ2) is 18.1. The first kappa shape index (κ1) is 46.0. The molecular weight excluding hydrogens is 716 g/mol. The van der Waals surface area contributed by atoms with E-state index in [2.05, 4.69) is 4.99 Å². The Bertz CT molecular complexity index is 1310. The molecule has 0 saturated carbocycles. The number of amidine groups is 1. The molecule has 0 radical (unpaired) electrons. The third-order valence-electron chi connectivity index (χ3n) is 13.1. The Morgan fingerprint density at radius 1 is 0.873 bits per heavy atom. The second-order valence-electron chi connectivity index (χ2n) is 17.4. The Balaban J connectivity index is 1.86. The van der Waals surface area contributed by atoms with Crippen molar-refractivity contribution in [1.29, 1.82) is 0 Å². The number of aliphatic hydroxyl groups is 4. The number of hydrogen-bond donors (Lipinski definition) is 4. The highest BCUT2D eigenvalue weighted by Crippen LogP contribution is 2.43. The fourth-order valence-corrected chi connectivity index (χ4v) is 9.38. The molecule has 320 valence electrons. The molecule has 0 aromatic rings. The first-order chi connectivity index (χ1) is 25.6. The summed E-state index contributed by atoms with van der Waals surface area (Å²) in [6, 6.07) is 0.423. The molecule has 0 spiro atoms. The van der Waals surface area contributed by atoms with E-state index >= 15 is 0 Å². The SMILES string of the molecule is CCN=C1O[C@H]2[C@@H](O[C@@H]3[C@@H](C)[C@H](O[C@H]4C[C@@](C)(OC)[C@@H](O)[C@H](C)O4)[C@@H](C)C(=O)O[C@H](CC)[C@@](C)(O)[C@H](O)[C@@H](C)[C@@H](O)[C@H](C)C[C@@]3(C)OC)O[C@H](C)C[C@@H]2N1C. The maximum atomic E-state index is 14.3. The molecule has 4 aliphatic heterocycles. The average molecular weight is 789 g/mol. The van der Waals surface area contributed by atoms with Crippen LogP contribution >= 0.6 is 0 Å². The fourth-order valence-electron chi connectivity index (χ4n) is 9.38. The van der Waals surface area contributed by atoms with Crippen molar-refractivity contribution in [1.82, 2.24) is 4.90 Å². The molecule has 4 aliphatic rings. The van der Waals surface area contributed by atoms with Crippen LogP contribution in [-0.2, 0) is 42.7 Å². The minimum absolute atomic E-state index is 0.0836. The van der Waals surface area contributed by atoms with Gasteiger partial charge in [0.25, 0.3) is 6.02 Å². The lowest BCUT2D eigenvalue weighted by atomic mass is 9.73. The van der Waals surface area contributed by atoms with Crippen LogP contribution in [0.2, 0.25) is 0 Å². The summed E-state index contributed by atoms with van der Waals surface area (Å²) in [5.74, 6) is -3.58. The lowest BCUT2D eigenvalue weighted by Crippen LogP contribution is -2.61. The van der Waals surface area contributed by atoms with Gasteiger partial charge >= 0.3 is 5.97 Å². The van der Waals surface area contributed by atoms with Crippen LogP contribution < -0.4 is 0 Å². The van der Waals surface area contributed by atoms with Crippen molar-refractivity contribution in [3.05, 3.63) is 0 Å². The van der Waals surface area contributed by atoms with Gasteiger partial charge in [0.1, 0.15) is 17.8 Å². The van der Waals surface area contributed by atoms with Gasteiger partial charge in [0.05, 0.1) is 59.8 Å². The Hall–Kier alpha value is -1.66. The number of cyclic esters (lactones) is 1. The number of aliphatic imine (C=N–C) groups is 1. The summed E-state index contributed by atoms with van der Waals surface area (Å²) >= 11 is 0. The smallest absolute Gasteiger partial charge is 0.311 e. The van der Waals surface area contributed by atoms with E-state index in [1.54, 1.807) is 41.7 Å². The first-order valence-corrected chi connectivity index (χ1v) is 20.2. The molecule has 19 atom stereocenters. The monoisotopic (exact) mass is 789 g/mol. The number of carbonyl (C=O) groups excluding carboxylic acids is 1. The zero-order valence-corrected chi connectivity index (χ0v) is 35.6. The Kier molecular flexibility index (Phi) is 15.1. The van der Waals surface area contributed by atoms with Gasteiger partial charge in [-0.2, -0.15) is 0 Å². The van der Waals surface area contributed by atoms with Gasteiger partial charge in [-0.15, -0.1) is 0 Å². The molecule has 4 heterocycles. The standard InChI is InChI=1S/C40H72N2O13/c1-15-27-40(11,47)32(44)22(5)29(43)20(3)18-39(10,49-14)34(55-36-31-26(17-21(4)50-36)42(12)37(54-31)41-16-2)23(6)30(24(7)35(46)52-27)53-28-19-38(9,48-13)33(45)25(8)51-28/h20-34,36,43-45,47H,15-19H2,1-14H3/t20-,21-,22+,23+,24-,25+,26+,27-,28+,29+,30+,31-,32-,33+,34-,36-,38-,39-,40-/m1/s1. The molecule has 4 rings (SSSR count). The zero-order valence-electron chi connectivity index (χ0n) is 35.6. The largest absolute Gasteiger partial charge is 0.459 e. The van der Waals surface area contributed by atoms with Crippen LogP contribution in [0, 0.1) is 23.7 Å². The van der Waals surface area contributed by atoms with Crippen molar-refractivity contribution in [2.45, 2.75) is 192 Å². The molecule has 0 bridgehead atoms. The number of carbonyl (C=O) groups is 1. The van der Waals surface area contributed by atoms with Crippen molar-refractivity contribution in [2.75, 3.05) is 27.8 Å². The van der Waals surface area contributed by atoms with E-state index in [9.17, 15) is 25.2 Å². The number of hydrogen-bond acceptors (Lipinski definition) is 14. The van der Waals surface area contributed by atoms with Crippen LogP contribution in [0.1, 0.15) is 102 Å². The predicted molar refractivity (Wildman–Crippen MR) is 203 cm³/mol. The summed E-state index contributed by atoms with van der Waals surface area (Å²) in [6.45, 7) is 20.2. The van der Waals surface area contributed by atoms with Crippen LogP contribution in [0.4, 0.5) is 0 Å². The van der Waals surface area contributed by atoms with Crippen LogP contribution in [0.25, 0.3) is 0 Å². The van der Waals surface area contributed by atoms with Crippen LogP contribution in [0.15, 0.2) is 4.99 Å². The molecule has 0 aliphatic carbocycles. The van der Waals surface area contributed by atoms with E-state index in [0.29, 0.717) is 19.0 Å². The molecule has 0 aromatic heterocycles. The molecule has 4 saturated heterocycles. The van der Waals surface area contributed by atoms with Crippen molar-refractivity contribution in [3.63, 3.8) is 0 Å². The lowest BCUT2D eigenvalue weighted by Gasteiger charge is -2.49. The maximum absolute atomic E-state index is 14.3. The maximum Gasteiger partial charge on any atom is 0.311 e. The van der Waals surface area contributed by atoms with Gasteiger partial charge in [0.2, 0.25) is 0 Å². The van der Waals surface area contributed by atoms with Crippen molar-refractivity contribution >= 4 is 12.0 Å². The molecule has 55 heavy (non-hydrogen) atoms. The van der Waals surface area contributed by atoms with E-state index in [0.717, 1.165) is 0 Å². The van der Waals surface area contributed by atoms with Gasteiger partial charge in [0.15, 0.2) is 18.7 Å². The number of nitrogens with zero attached hydrogens (tertiary/aromatic N) is 2. The summed E-state index contributed by atoms with van der Waals surface area (Å²) in [6.07, 6.45) is -8.34. The van der Waals surface area contributed by atoms with E-state index in [4.69, 9.17) is 37.9 Å². The third kappa shape index (κ3) is 9.31. The summed E-state index contributed by atoms with van der Waals surface area (Å²) in [5, 5.41) is 46.0. The minimum atomic E-state index is -1.90. The summed E-state index contributed by atoms with van der Waals surface area (Å²) in [7, 11) is 5.05. The number of fused-ring (bicyclic) bond motifs is 1. The van der Waals surface area contributed by atoms with Crippen molar-refractivity contribution in [3.8, 4) is 0 Å². The molecule has 0 aromatic carbocycles. The highest BCUT2D eigenvalue weighted by Gasteiger charge is 2.55. The number of esters is 1. The highest BCUT2D eigenvalue weighted by atomic mass is 16.7. The van der Waals surface area contributed by atoms with Gasteiger partial charge in [-0.3, -0.25) is 4.79 Å². The fraction of sp³-hybridized carbons (Fsp3) is 0.950. The normalized spacial score (nSPS) is 49.9. The summed E-state index contributed by atoms with van der Waals surface area (Å²) in [4.78, 5) is 20.9. The predicted octanol–water partition coefficient (Wildman–Crippen LogP) is 3.02. The molecule has 15 heteroatoms. The van der Waals surface area contributed by atoms with E-state index < -0.39 is 108 Å². The summed E-state index contributed by atoms with van der Waals surface area (Å²) in [5.41, 5.74) is -4.07. The molecular formula is C40H72N2O13. The van der Waals surface area contributed by atoms with Gasteiger partial charge in [-0.05, 0) is 73.6 Å². The second-order valence-corrected chi connectivity index (χ2v) is 17.4. The first-order valence-electron chi connectivity index (χ1n) is 20.2. The Morgan fingerprint density at radius 3 is 2.09 bits per heavy atom. The number of likely N-dealkylation sites (N-methyl/N-ethyl adjacent to an activating group) is 1. The minimum Gasteiger partial charge on any atom is -0.459 e. The highest BCUT2D eigenvalue weighted by molar-refractivity contribution is 5.76. The van der Waals surface area contributed by atoms with Crippen molar-refractivity contribution in [2.24, 2.45) is 28.7 Å². The van der Waals surface area contributed by atoms with E-state index in [-0.39, 0.29) is 31.4 Å². The quantitative estimate of drug-likeness (QED) is 0.263. The lowest BCUT2D eigenvalue weighted by molar-refractivity contribution is -0.315. The average Bonchev–Trinajstić information content (AvgIpc) is 3.45. The molecule has 0 unspecified atom stereocenters. The van der Waals surface area contributed by atoms with E-state index in [1.165, 1.54) is 14.0 Å². The molecule has 4 N–H and O–H groups in total. The van der Waals surface area contributed by atoms with E-state index in [1.807, 2.05) is 46.6 Å². The van der Waals surface area contributed by atoms with Gasteiger partial charge in [0, 0.05) is 46.1 Å². The van der Waals surface area contributed by atoms with Crippen molar-refractivity contribution < 1.29 is 63.1 Å². The topological polar surface area (TPSA) is 187 Å².